The number of alkyl halides is 1. The number of allylic oxidation sites excluding steroid dienone is 4. The van der Waals surface area contributed by atoms with Crippen LogP contribution in [0.5, 0.6) is 0 Å². The van der Waals surface area contributed by atoms with Crippen molar-refractivity contribution < 1.29 is 43.6 Å². The molecule has 0 spiro atoms. The van der Waals surface area contributed by atoms with Gasteiger partial charge in [-0.05, 0) is 63.0 Å². The molecule has 8 atom stereocenters. The van der Waals surface area contributed by atoms with E-state index in [9.17, 15) is 29.4 Å². The first-order chi connectivity index (χ1) is 16.8. The third kappa shape index (κ3) is 3.45. The molecule has 8 nitrogen and oxygen atoms in total. The largest absolute Gasteiger partial charge is 0.481 e. The summed E-state index contributed by atoms with van der Waals surface area (Å²) in [5.74, 6) is -4.58. The lowest BCUT2D eigenvalue weighted by Gasteiger charge is -2.63. The summed E-state index contributed by atoms with van der Waals surface area (Å²) in [4.78, 5) is 48.0. The zero-order valence-electron chi connectivity index (χ0n) is 21.0. The van der Waals surface area contributed by atoms with Gasteiger partial charge in [-0.1, -0.05) is 25.5 Å². The normalized spacial score (nSPS) is 43.2. The van der Waals surface area contributed by atoms with Crippen molar-refractivity contribution in [2.75, 3.05) is 6.61 Å². The minimum absolute atomic E-state index is 0.147. The average Bonchev–Trinajstić information content (AvgIpc) is 3.05. The quantitative estimate of drug-likeness (QED) is 0.448. The standard InChI is InChI=1S/C27H35FO8/c1-4-25-13-20(30)26(28)18(6-5-16-12-17(29)9-10-24(16,26)3)19(25)11-15(2)27(25,35)21(31)14-36-23(34)8-7-22(32)33/h9-10,12,15,18-20,30,35H,4-8,11,13-14H2,1-3H3,(H,32,33)/t15-,18+,19+,20+,24+,25+,26+,27+/m1/s1. The molecule has 9 heteroatoms. The number of Topliss-reactive ketones (excluding diaryl/α,β-unsaturated/α-hetero) is 1. The number of carboxylic acid groups (broad SMARTS) is 1. The maximum Gasteiger partial charge on any atom is 0.306 e. The lowest BCUT2D eigenvalue weighted by molar-refractivity contribution is -0.225. The van der Waals surface area contributed by atoms with Crippen LogP contribution in [-0.4, -0.2) is 62.8 Å². The van der Waals surface area contributed by atoms with Crippen molar-refractivity contribution in [2.45, 2.75) is 83.1 Å². The van der Waals surface area contributed by atoms with Gasteiger partial charge in [-0.2, -0.15) is 0 Å². The van der Waals surface area contributed by atoms with Crippen LogP contribution >= 0.6 is 0 Å². The van der Waals surface area contributed by atoms with Gasteiger partial charge in [-0.25, -0.2) is 4.39 Å². The number of fused-ring (bicyclic) bond motifs is 5. The summed E-state index contributed by atoms with van der Waals surface area (Å²) in [6, 6.07) is 0. The SMILES string of the molecule is CC[C@]12C[C@H](O)[C@@]3(F)[C@@H](CCC4=CC(=O)C=C[C@@]43C)[C@@H]1C[C@@H](C)[C@]2(O)C(=O)COC(=O)CCC(=O)O. The fourth-order valence-corrected chi connectivity index (χ4v) is 8.09. The van der Waals surface area contributed by atoms with E-state index in [4.69, 9.17) is 9.84 Å². The average molecular weight is 507 g/mol. The number of ether oxygens (including phenoxy) is 1. The van der Waals surface area contributed by atoms with E-state index in [0.29, 0.717) is 31.3 Å². The lowest BCUT2D eigenvalue weighted by atomic mass is 9.44. The number of rotatable bonds is 7. The number of carbonyl (C=O) groups excluding carboxylic acids is 3. The summed E-state index contributed by atoms with van der Waals surface area (Å²) in [5, 5.41) is 32.2. The molecule has 0 saturated heterocycles. The smallest absolute Gasteiger partial charge is 0.306 e. The van der Waals surface area contributed by atoms with Gasteiger partial charge >= 0.3 is 11.9 Å². The Balaban J connectivity index is 1.66. The van der Waals surface area contributed by atoms with Gasteiger partial charge in [-0.15, -0.1) is 0 Å². The molecule has 0 unspecified atom stereocenters. The molecule has 0 aliphatic heterocycles. The van der Waals surface area contributed by atoms with E-state index in [-0.39, 0.29) is 12.2 Å². The van der Waals surface area contributed by atoms with Crippen LogP contribution in [0.4, 0.5) is 4.39 Å². The molecule has 0 bridgehead atoms. The Labute approximate surface area is 209 Å². The predicted octanol–water partition coefficient (Wildman–Crippen LogP) is 2.70. The molecule has 198 valence electrons. The van der Waals surface area contributed by atoms with Crippen LogP contribution in [0.1, 0.15) is 65.7 Å². The van der Waals surface area contributed by atoms with Gasteiger partial charge in [0, 0.05) is 16.7 Å². The molecule has 0 aromatic heterocycles. The van der Waals surface area contributed by atoms with Crippen LogP contribution in [0.2, 0.25) is 0 Å². The Morgan fingerprint density at radius 1 is 1.22 bits per heavy atom. The summed E-state index contributed by atoms with van der Waals surface area (Å²) in [7, 11) is 0. The highest BCUT2D eigenvalue weighted by molar-refractivity contribution is 6.01. The van der Waals surface area contributed by atoms with Crippen molar-refractivity contribution in [1.82, 2.24) is 0 Å². The second-order valence-corrected chi connectivity index (χ2v) is 11.2. The molecule has 0 aromatic carbocycles. The first-order valence-electron chi connectivity index (χ1n) is 12.7. The Kier molecular flexibility index (Phi) is 6.57. The Bertz CT molecular complexity index is 1050. The van der Waals surface area contributed by atoms with Crippen molar-refractivity contribution in [3.63, 3.8) is 0 Å². The van der Waals surface area contributed by atoms with Gasteiger partial charge in [0.25, 0.3) is 0 Å². The summed E-state index contributed by atoms with van der Waals surface area (Å²) in [6.45, 7) is 4.53. The van der Waals surface area contributed by atoms with Crippen molar-refractivity contribution in [3.05, 3.63) is 23.8 Å². The maximum absolute atomic E-state index is 17.2. The van der Waals surface area contributed by atoms with E-state index >= 15 is 4.39 Å². The summed E-state index contributed by atoms with van der Waals surface area (Å²) < 4.78 is 22.3. The molecule has 0 radical (unpaired) electrons. The predicted molar refractivity (Wildman–Crippen MR) is 125 cm³/mol. The first-order valence-corrected chi connectivity index (χ1v) is 12.7. The van der Waals surface area contributed by atoms with Gasteiger partial charge in [0.15, 0.2) is 18.1 Å². The van der Waals surface area contributed by atoms with Gasteiger partial charge in [0.2, 0.25) is 5.78 Å². The second kappa shape index (κ2) is 8.87. The van der Waals surface area contributed by atoms with Gasteiger partial charge in [-0.3, -0.25) is 19.2 Å². The highest BCUT2D eigenvalue weighted by Gasteiger charge is 2.76. The molecule has 3 N–H and O–H groups in total. The molecule has 0 aromatic rings. The molecule has 4 aliphatic carbocycles. The van der Waals surface area contributed by atoms with E-state index in [0.717, 1.165) is 0 Å². The van der Waals surface area contributed by atoms with Crippen LogP contribution in [-0.2, 0) is 23.9 Å². The summed E-state index contributed by atoms with van der Waals surface area (Å²) in [6.07, 6.45) is 3.43. The van der Waals surface area contributed by atoms with Crippen LogP contribution in [0.25, 0.3) is 0 Å². The number of hydrogen-bond donors (Lipinski definition) is 3. The van der Waals surface area contributed by atoms with Crippen molar-refractivity contribution >= 4 is 23.5 Å². The van der Waals surface area contributed by atoms with E-state index < -0.39 is 83.1 Å². The molecule has 0 amide bonds. The number of aliphatic hydroxyl groups excluding tert-OH is 1. The number of aliphatic carboxylic acids is 1. The maximum atomic E-state index is 17.2. The first kappa shape index (κ1) is 26.7. The van der Waals surface area contributed by atoms with E-state index in [2.05, 4.69) is 0 Å². The Morgan fingerprint density at radius 2 is 1.92 bits per heavy atom. The Hall–Kier alpha value is -2.39. The molecule has 4 rings (SSSR count). The van der Waals surface area contributed by atoms with Crippen molar-refractivity contribution in [3.8, 4) is 0 Å². The Morgan fingerprint density at radius 3 is 2.56 bits per heavy atom. The van der Waals surface area contributed by atoms with Crippen LogP contribution in [0.15, 0.2) is 23.8 Å². The molecule has 4 aliphatic rings. The zero-order chi connectivity index (χ0) is 26.7. The zero-order valence-corrected chi connectivity index (χ0v) is 21.0. The third-order valence-corrected chi connectivity index (χ3v) is 9.91. The van der Waals surface area contributed by atoms with Crippen molar-refractivity contribution in [1.29, 1.82) is 0 Å². The van der Waals surface area contributed by atoms with Crippen LogP contribution < -0.4 is 0 Å². The molecule has 0 heterocycles. The molecule has 36 heavy (non-hydrogen) atoms. The minimum Gasteiger partial charge on any atom is -0.481 e. The fourth-order valence-electron chi connectivity index (χ4n) is 8.09. The minimum atomic E-state index is -2.07. The molecule has 3 saturated carbocycles. The van der Waals surface area contributed by atoms with Gasteiger partial charge in [0.1, 0.15) is 5.60 Å². The van der Waals surface area contributed by atoms with Crippen molar-refractivity contribution in [2.24, 2.45) is 28.6 Å². The second-order valence-electron chi connectivity index (χ2n) is 11.2. The lowest BCUT2D eigenvalue weighted by Crippen LogP contribution is -2.70. The number of halogens is 1. The third-order valence-electron chi connectivity index (χ3n) is 9.91. The van der Waals surface area contributed by atoms with Gasteiger partial charge < -0.3 is 20.1 Å². The van der Waals surface area contributed by atoms with Gasteiger partial charge in [0.05, 0.1) is 18.9 Å². The summed E-state index contributed by atoms with van der Waals surface area (Å²) in [5.41, 5.74) is -5.66. The van der Waals surface area contributed by atoms with E-state index in [1.807, 2.05) is 6.92 Å². The monoisotopic (exact) mass is 506 g/mol. The highest BCUT2D eigenvalue weighted by atomic mass is 19.1. The highest BCUT2D eigenvalue weighted by Crippen LogP contribution is 2.71. The van der Waals surface area contributed by atoms with E-state index in [1.165, 1.54) is 12.2 Å². The molecular formula is C27H35FO8. The number of aliphatic hydroxyl groups is 2. The molecular weight excluding hydrogens is 471 g/mol. The number of esters is 1. The topological polar surface area (TPSA) is 138 Å². The number of hydrogen-bond acceptors (Lipinski definition) is 7. The fraction of sp³-hybridized carbons (Fsp3) is 0.704. The number of ketones is 2. The van der Waals surface area contributed by atoms with Crippen LogP contribution in [0.3, 0.4) is 0 Å². The number of carboxylic acids is 1. The van der Waals surface area contributed by atoms with Crippen LogP contribution in [0, 0.1) is 28.6 Å². The molecule has 3 fully saturated rings. The number of carbonyl (C=O) groups is 4. The summed E-state index contributed by atoms with van der Waals surface area (Å²) >= 11 is 0. The van der Waals surface area contributed by atoms with E-state index in [1.54, 1.807) is 19.9 Å².